The summed E-state index contributed by atoms with van der Waals surface area (Å²) in [6.45, 7) is 5.18. The van der Waals surface area contributed by atoms with E-state index in [1.54, 1.807) is 13.8 Å². The van der Waals surface area contributed by atoms with Gasteiger partial charge in [0.15, 0.2) is 6.10 Å². The van der Waals surface area contributed by atoms with Crippen LogP contribution in [0.4, 0.5) is 13.2 Å². The predicted octanol–water partition coefficient (Wildman–Crippen LogP) is 6.26. The zero-order valence-electron chi connectivity index (χ0n) is 18.1. The van der Waals surface area contributed by atoms with Gasteiger partial charge in [-0.25, -0.2) is 0 Å². The Morgan fingerprint density at radius 2 is 1.64 bits per heavy atom. The summed E-state index contributed by atoms with van der Waals surface area (Å²) in [5.41, 5.74) is -0.880. The van der Waals surface area contributed by atoms with Crippen molar-refractivity contribution in [3.8, 4) is 17.2 Å². The largest absolute Gasteiger partial charge is 0.481 e. The molecule has 1 unspecified atom stereocenters. The van der Waals surface area contributed by atoms with Gasteiger partial charge in [0.05, 0.1) is 23.8 Å². The fraction of sp³-hybridized carbons (Fsp3) is 0.381. The number of amides is 1. The van der Waals surface area contributed by atoms with Crippen LogP contribution in [0, 0.1) is 0 Å². The summed E-state index contributed by atoms with van der Waals surface area (Å²) in [5, 5.41) is 2.29. The number of nitrogens with one attached hydrogen (secondary N) is 1. The highest BCUT2D eigenvalue weighted by Crippen LogP contribution is 2.46. The summed E-state index contributed by atoms with van der Waals surface area (Å²) in [4.78, 5) is 12.3. The maximum absolute atomic E-state index is 12.7. The molecule has 0 aliphatic carbocycles. The van der Waals surface area contributed by atoms with Gasteiger partial charge in [0.2, 0.25) is 0 Å². The number of hydrogen-bond acceptors (Lipinski definition) is 6. The maximum atomic E-state index is 12.7. The Kier molecular flexibility index (Phi) is 9.60. The van der Waals surface area contributed by atoms with E-state index in [1.165, 1.54) is 31.2 Å². The van der Waals surface area contributed by atoms with Crippen molar-refractivity contribution in [1.82, 2.24) is 5.32 Å². The fourth-order valence-electron chi connectivity index (χ4n) is 2.57. The maximum Gasteiger partial charge on any atom is 0.416 e. The van der Waals surface area contributed by atoms with Gasteiger partial charge >= 0.3 is 13.8 Å². The molecule has 2 rings (SSSR count). The molecular weight excluding hydrogens is 486 g/mol. The first-order valence-electron chi connectivity index (χ1n) is 9.94. The standard InChI is InChI=1S/C21H24ClF3NO6P/c1-4-29-33(28,30-5-2)13-26-20(27)14(3)31-16-7-9-17(10-8-16)32-19-11-6-15(12-18(19)22)21(23,24)25/h6-12,14H,4-5,13H2,1-3H3,(H,26,27). The monoisotopic (exact) mass is 509 g/mol. The number of benzene rings is 2. The molecule has 2 aromatic rings. The minimum Gasteiger partial charge on any atom is -0.481 e. The van der Waals surface area contributed by atoms with Gasteiger partial charge in [-0.05, 0) is 63.2 Å². The Morgan fingerprint density at radius 3 is 2.15 bits per heavy atom. The second-order valence-corrected chi connectivity index (χ2v) is 9.08. The van der Waals surface area contributed by atoms with Crippen LogP contribution in [-0.4, -0.2) is 31.5 Å². The van der Waals surface area contributed by atoms with Crippen molar-refractivity contribution >= 4 is 25.1 Å². The van der Waals surface area contributed by atoms with Crippen molar-refractivity contribution in [2.45, 2.75) is 33.1 Å². The summed E-state index contributed by atoms with van der Waals surface area (Å²) in [6.07, 6.45) is -5.72. The molecule has 0 bridgehead atoms. The van der Waals surface area contributed by atoms with E-state index >= 15 is 0 Å². The van der Waals surface area contributed by atoms with Gasteiger partial charge in [0.1, 0.15) is 23.5 Å². The molecule has 12 heteroatoms. The van der Waals surface area contributed by atoms with E-state index in [0.717, 1.165) is 18.2 Å². The lowest BCUT2D eigenvalue weighted by atomic mass is 10.2. The third-order valence-corrected chi connectivity index (χ3v) is 6.24. The Hall–Kier alpha value is -2.26. The van der Waals surface area contributed by atoms with Crippen molar-refractivity contribution in [2.75, 3.05) is 19.5 Å². The molecule has 33 heavy (non-hydrogen) atoms. The first kappa shape index (κ1) is 27.0. The van der Waals surface area contributed by atoms with E-state index in [2.05, 4.69) is 5.32 Å². The fourth-order valence-corrected chi connectivity index (χ4v) is 4.18. The number of alkyl halides is 3. The van der Waals surface area contributed by atoms with Crippen molar-refractivity contribution in [3.05, 3.63) is 53.1 Å². The molecule has 1 N–H and O–H groups in total. The molecule has 0 aromatic heterocycles. The van der Waals surface area contributed by atoms with E-state index in [4.69, 9.17) is 30.1 Å². The Morgan fingerprint density at radius 1 is 1.06 bits per heavy atom. The van der Waals surface area contributed by atoms with E-state index in [1.807, 2.05) is 0 Å². The van der Waals surface area contributed by atoms with Crippen LogP contribution in [0.15, 0.2) is 42.5 Å². The van der Waals surface area contributed by atoms with Gasteiger partial charge < -0.3 is 23.8 Å². The third-order valence-electron chi connectivity index (χ3n) is 4.09. The predicted molar refractivity (Wildman–Crippen MR) is 117 cm³/mol. The summed E-state index contributed by atoms with van der Waals surface area (Å²) < 4.78 is 71.9. The molecule has 0 radical (unpaired) electrons. The normalized spacial score (nSPS) is 12.8. The van der Waals surface area contributed by atoms with Crippen LogP contribution in [0.3, 0.4) is 0 Å². The van der Waals surface area contributed by atoms with Crippen molar-refractivity contribution in [3.63, 3.8) is 0 Å². The highest BCUT2D eigenvalue weighted by molar-refractivity contribution is 7.53. The SMILES string of the molecule is CCOP(=O)(CNC(=O)C(C)Oc1ccc(Oc2ccc(C(F)(F)F)cc2Cl)cc1)OCC. The van der Waals surface area contributed by atoms with Crippen LogP contribution in [0.5, 0.6) is 17.2 Å². The molecule has 7 nitrogen and oxygen atoms in total. The molecule has 0 aliphatic heterocycles. The summed E-state index contributed by atoms with van der Waals surface area (Å²) in [7, 11) is -3.43. The van der Waals surface area contributed by atoms with Gasteiger partial charge in [-0.1, -0.05) is 11.6 Å². The third kappa shape index (κ3) is 8.23. The molecule has 0 heterocycles. The molecule has 2 aromatic carbocycles. The van der Waals surface area contributed by atoms with Gasteiger partial charge in [-0.15, -0.1) is 0 Å². The average Bonchev–Trinajstić information content (AvgIpc) is 2.74. The molecule has 0 aliphatic rings. The second kappa shape index (κ2) is 11.7. The lowest BCUT2D eigenvalue weighted by Crippen LogP contribution is -2.37. The highest BCUT2D eigenvalue weighted by atomic mass is 35.5. The van der Waals surface area contributed by atoms with Crippen LogP contribution in [0.1, 0.15) is 26.3 Å². The summed E-state index contributed by atoms with van der Waals surface area (Å²) in [6, 6.07) is 8.83. The summed E-state index contributed by atoms with van der Waals surface area (Å²) in [5.74, 6) is 0.169. The average molecular weight is 510 g/mol. The van der Waals surface area contributed by atoms with Crippen molar-refractivity contribution in [1.29, 1.82) is 0 Å². The smallest absolute Gasteiger partial charge is 0.416 e. The second-order valence-electron chi connectivity index (χ2n) is 6.62. The van der Waals surface area contributed by atoms with Crippen LogP contribution in [0.2, 0.25) is 5.02 Å². The molecule has 0 fully saturated rings. The van der Waals surface area contributed by atoms with Crippen LogP contribution >= 0.6 is 19.2 Å². The minimum absolute atomic E-state index is 0.0547. The van der Waals surface area contributed by atoms with Crippen molar-refractivity contribution in [2.24, 2.45) is 0 Å². The van der Waals surface area contributed by atoms with Gasteiger partial charge in [-0.2, -0.15) is 13.2 Å². The van der Waals surface area contributed by atoms with Gasteiger partial charge in [0.25, 0.3) is 5.91 Å². The Bertz CT molecular complexity index is 977. The number of ether oxygens (including phenoxy) is 2. The molecule has 1 amide bonds. The van der Waals surface area contributed by atoms with Crippen LogP contribution < -0.4 is 14.8 Å². The molecule has 1 atom stereocenters. The first-order valence-corrected chi connectivity index (χ1v) is 12.0. The lowest BCUT2D eigenvalue weighted by Gasteiger charge is -2.19. The lowest BCUT2D eigenvalue weighted by molar-refractivity contribution is -0.137. The molecule has 0 spiro atoms. The summed E-state index contributed by atoms with van der Waals surface area (Å²) >= 11 is 5.89. The Balaban J connectivity index is 1.94. The van der Waals surface area contributed by atoms with Crippen LogP contribution in [0.25, 0.3) is 0 Å². The van der Waals surface area contributed by atoms with E-state index in [0.29, 0.717) is 11.5 Å². The van der Waals surface area contributed by atoms with Crippen LogP contribution in [-0.2, 0) is 24.6 Å². The molecule has 182 valence electrons. The van der Waals surface area contributed by atoms with Crippen molar-refractivity contribution < 1.29 is 41.1 Å². The number of hydrogen-bond donors (Lipinski definition) is 1. The molecule has 0 saturated heterocycles. The Labute approximate surface area is 194 Å². The number of halogens is 4. The van der Waals surface area contributed by atoms with E-state index in [9.17, 15) is 22.5 Å². The quantitative estimate of drug-likeness (QED) is 0.360. The highest BCUT2D eigenvalue weighted by Gasteiger charge is 2.31. The molecular formula is C21H24ClF3NO6P. The number of carbonyl (C=O) groups is 1. The van der Waals surface area contributed by atoms with Gasteiger partial charge in [-0.3, -0.25) is 9.36 Å². The zero-order chi connectivity index (χ0) is 24.6. The first-order chi connectivity index (χ1) is 15.5. The topological polar surface area (TPSA) is 83.1 Å². The zero-order valence-corrected chi connectivity index (χ0v) is 19.8. The number of rotatable bonds is 11. The number of carbonyl (C=O) groups excluding carboxylic acids is 1. The molecule has 0 saturated carbocycles. The van der Waals surface area contributed by atoms with Gasteiger partial charge in [0, 0.05) is 0 Å². The van der Waals surface area contributed by atoms with E-state index < -0.39 is 31.3 Å². The van der Waals surface area contributed by atoms with E-state index in [-0.39, 0.29) is 30.3 Å². The minimum atomic E-state index is -4.51.